The van der Waals surface area contributed by atoms with Gasteiger partial charge in [-0.3, -0.25) is 9.78 Å². The summed E-state index contributed by atoms with van der Waals surface area (Å²) < 4.78 is 0. The number of likely N-dealkylation sites (tertiary alicyclic amines) is 1. The van der Waals surface area contributed by atoms with E-state index in [4.69, 9.17) is 5.73 Å². The van der Waals surface area contributed by atoms with Gasteiger partial charge in [0, 0.05) is 43.3 Å². The fourth-order valence-electron chi connectivity index (χ4n) is 2.78. The van der Waals surface area contributed by atoms with E-state index in [0.717, 1.165) is 42.5 Å². The first kappa shape index (κ1) is 13.7. The van der Waals surface area contributed by atoms with Gasteiger partial charge in [-0.25, -0.2) is 0 Å². The maximum atomic E-state index is 12.0. The van der Waals surface area contributed by atoms with Gasteiger partial charge in [-0.1, -0.05) is 12.1 Å². The summed E-state index contributed by atoms with van der Waals surface area (Å²) in [4.78, 5) is 18.3. The van der Waals surface area contributed by atoms with Crippen LogP contribution >= 0.6 is 0 Å². The summed E-state index contributed by atoms with van der Waals surface area (Å²) in [5, 5.41) is 4.32. The Hall–Kier alpha value is -2.30. The van der Waals surface area contributed by atoms with Gasteiger partial charge in [-0.15, -0.1) is 0 Å². The number of anilines is 2. The number of nitrogens with zero attached hydrogens (tertiary/aromatic N) is 2. The lowest BCUT2D eigenvalue weighted by Gasteiger charge is -2.16. The van der Waals surface area contributed by atoms with Gasteiger partial charge in [0.1, 0.15) is 0 Å². The quantitative estimate of drug-likeness (QED) is 0.845. The molecule has 1 aliphatic heterocycles. The van der Waals surface area contributed by atoms with Crippen molar-refractivity contribution in [3.8, 4) is 0 Å². The number of pyridine rings is 1. The van der Waals surface area contributed by atoms with Crippen LogP contribution in [0.2, 0.25) is 0 Å². The molecule has 0 aliphatic carbocycles. The fourth-order valence-corrected chi connectivity index (χ4v) is 2.78. The molecule has 5 heteroatoms. The standard InChI is InChI=1S/C16H20N4O/c17-13-5-3-4-12-14(6-8-19-16(12)13)18-9-7-15(21)20-10-1-2-11-20/h3-6,8H,1-2,7,9-11,17H2,(H,18,19). The Morgan fingerprint density at radius 1 is 1.29 bits per heavy atom. The van der Waals surface area contributed by atoms with Gasteiger partial charge in [0.05, 0.1) is 11.2 Å². The SMILES string of the molecule is Nc1cccc2c(NCCC(=O)N3CCCC3)ccnc12. The summed E-state index contributed by atoms with van der Waals surface area (Å²) in [7, 11) is 0. The molecular formula is C16H20N4O. The molecule has 5 nitrogen and oxygen atoms in total. The Kier molecular flexibility index (Phi) is 3.90. The van der Waals surface area contributed by atoms with E-state index in [9.17, 15) is 4.79 Å². The number of nitrogens with one attached hydrogen (secondary N) is 1. The van der Waals surface area contributed by atoms with Crippen LogP contribution in [0.4, 0.5) is 11.4 Å². The van der Waals surface area contributed by atoms with Crippen LogP contribution in [0, 0.1) is 0 Å². The summed E-state index contributed by atoms with van der Waals surface area (Å²) in [5.41, 5.74) is 8.38. The van der Waals surface area contributed by atoms with E-state index >= 15 is 0 Å². The number of carbonyl (C=O) groups excluding carboxylic acids is 1. The Morgan fingerprint density at radius 3 is 2.90 bits per heavy atom. The van der Waals surface area contributed by atoms with Gasteiger partial charge < -0.3 is 16.0 Å². The summed E-state index contributed by atoms with van der Waals surface area (Å²) in [6.07, 6.45) is 4.52. The van der Waals surface area contributed by atoms with Gasteiger partial charge >= 0.3 is 0 Å². The third kappa shape index (κ3) is 2.91. The number of hydrogen-bond acceptors (Lipinski definition) is 4. The zero-order chi connectivity index (χ0) is 14.7. The minimum absolute atomic E-state index is 0.234. The molecular weight excluding hydrogens is 264 g/mol. The van der Waals surface area contributed by atoms with E-state index in [-0.39, 0.29) is 5.91 Å². The first-order chi connectivity index (χ1) is 10.3. The Morgan fingerprint density at radius 2 is 2.10 bits per heavy atom. The highest BCUT2D eigenvalue weighted by molar-refractivity contribution is 5.97. The van der Waals surface area contributed by atoms with Crippen molar-refractivity contribution >= 4 is 28.2 Å². The summed E-state index contributed by atoms with van der Waals surface area (Å²) in [6.45, 7) is 2.45. The van der Waals surface area contributed by atoms with Crippen molar-refractivity contribution in [1.82, 2.24) is 9.88 Å². The molecule has 0 spiro atoms. The number of hydrogen-bond donors (Lipinski definition) is 2. The maximum Gasteiger partial charge on any atom is 0.224 e. The van der Waals surface area contributed by atoms with Crippen molar-refractivity contribution in [2.24, 2.45) is 0 Å². The van der Waals surface area contributed by atoms with E-state index in [0.29, 0.717) is 18.7 Å². The van der Waals surface area contributed by atoms with Crippen molar-refractivity contribution in [3.63, 3.8) is 0 Å². The molecule has 21 heavy (non-hydrogen) atoms. The molecule has 0 atom stereocenters. The Bertz CT molecular complexity index is 650. The van der Waals surface area contributed by atoms with Crippen molar-refractivity contribution in [2.45, 2.75) is 19.3 Å². The van der Waals surface area contributed by atoms with Crippen molar-refractivity contribution < 1.29 is 4.79 Å². The molecule has 1 aromatic carbocycles. The average molecular weight is 284 g/mol. The molecule has 1 aliphatic rings. The second-order valence-electron chi connectivity index (χ2n) is 5.37. The third-order valence-electron chi connectivity index (χ3n) is 3.92. The van der Waals surface area contributed by atoms with Gasteiger partial charge in [0.15, 0.2) is 0 Å². The van der Waals surface area contributed by atoms with Crippen molar-refractivity contribution in [1.29, 1.82) is 0 Å². The highest BCUT2D eigenvalue weighted by atomic mass is 16.2. The molecule has 3 N–H and O–H groups in total. The van der Waals surface area contributed by atoms with Crippen LogP contribution in [-0.2, 0) is 4.79 Å². The molecule has 0 radical (unpaired) electrons. The number of nitrogens with two attached hydrogens (primary N) is 1. The third-order valence-corrected chi connectivity index (χ3v) is 3.92. The van der Waals surface area contributed by atoms with Crippen LogP contribution in [-0.4, -0.2) is 35.4 Å². The van der Waals surface area contributed by atoms with Crippen molar-refractivity contribution in [3.05, 3.63) is 30.5 Å². The molecule has 2 heterocycles. The van der Waals surface area contributed by atoms with Crippen LogP contribution in [0.5, 0.6) is 0 Å². The first-order valence-corrected chi connectivity index (χ1v) is 7.40. The maximum absolute atomic E-state index is 12.0. The number of fused-ring (bicyclic) bond motifs is 1. The molecule has 2 aromatic rings. The van der Waals surface area contributed by atoms with E-state index < -0.39 is 0 Å². The number of benzene rings is 1. The zero-order valence-corrected chi connectivity index (χ0v) is 12.0. The lowest BCUT2D eigenvalue weighted by Crippen LogP contribution is -2.29. The Balaban J connectivity index is 1.65. The van der Waals surface area contributed by atoms with Gasteiger partial charge in [0.25, 0.3) is 0 Å². The second kappa shape index (κ2) is 5.99. The molecule has 1 fully saturated rings. The van der Waals surface area contributed by atoms with Crippen LogP contribution in [0.25, 0.3) is 10.9 Å². The van der Waals surface area contributed by atoms with Crippen LogP contribution in [0.1, 0.15) is 19.3 Å². The molecule has 1 amide bonds. The smallest absolute Gasteiger partial charge is 0.224 e. The predicted octanol–water partition coefficient (Wildman–Crippen LogP) is 2.24. The van der Waals surface area contributed by atoms with E-state index in [1.165, 1.54) is 0 Å². The lowest BCUT2D eigenvalue weighted by atomic mass is 10.1. The molecule has 0 unspecified atom stereocenters. The topological polar surface area (TPSA) is 71.2 Å². The monoisotopic (exact) mass is 284 g/mol. The van der Waals surface area contributed by atoms with Crippen LogP contribution in [0.15, 0.2) is 30.5 Å². The minimum atomic E-state index is 0.234. The highest BCUT2D eigenvalue weighted by Gasteiger charge is 2.17. The first-order valence-electron chi connectivity index (χ1n) is 7.40. The minimum Gasteiger partial charge on any atom is -0.397 e. The van der Waals surface area contributed by atoms with E-state index in [1.54, 1.807) is 6.20 Å². The van der Waals surface area contributed by atoms with Crippen molar-refractivity contribution in [2.75, 3.05) is 30.7 Å². The van der Waals surface area contributed by atoms with E-state index in [2.05, 4.69) is 10.3 Å². The fraction of sp³-hybridized carbons (Fsp3) is 0.375. The number of para-hydroxylation sites is 1. The van der Waals surface area contributed by atoms with E-state index in [1.807, 2.05) is 29.2 Å². The Labute approximate surface area is 124 Å². The van der Waals surface area contributed by atoms with Gasteiger partial charge in [0.2, 0.25) is 5.91 Å². The molecule has 1 aromatic heterocycles. The predicted molar refractivity (Wildman–Crippen MR) is 85.1 cm³/mol. The largest absolute Gasteiger partial charge is 0.397 e. The van der Waals surface area contributed by atoms with Crippen LogP contribution < -0.4 is 11.1 Å². The zero-order valence-electron chi connectivity index (χ0n) is 12.0. The van der Waals surface area contributed by atoms with Gasteiger partial charge in [-0.05, 0) is 25.0 Å². The average Bonchev–Trinajstić information content (AvgIpc) is 3.02. The molecule has 1 saturated heterocycles. The summed E-state index contributed by atoms with van der Waals surface area (Å²) in [6, 6.07) is 7.67. The number of amides is 1. The van der Waals surface area contributed by atoms with Crippen LogP contribution in [0.3, 0.4) is 0 Å². The molecule has 110 valence electrons. The second-order valence-corrected chi connectivity index (χ2v) is 5.37. The van der Waals surface area contributed by atoms with Gasteiger partial charge in [-0.2, -0.15) is 0 Å². The molecule has 0 saturated carbocycles. The normalized spacial score (nSPS) is 14.6. The highest BCUT2D eigenvalue weighted by Crippen LogP contribution is 2.25. The number of carbonyl (C=O) groups is 1. The number of rotatable bonds is 4. The summed E-state index contributed by atoms with van der Waals surface area (Å²) in [5.74, 6) is 0.234. The number of nitrogen functional groups attached to an aromatic ring is 1. The molecule has 3 rings (SSSR count). The number of aromatic nitrogens is 1. The molecule has 0 bridgehead atoms. The summed E-state index contributed by atoms with van der Waals surface area (Å²) >= 11 is 0. The lowest BCUT2D eigenvalue weighted by molar-refractivity contribution is -0.129.